The molecule has 0 N–H and O–H groups in total. The lowest BCUT2D eigenvalue weighted by Crippen LogP contribution is -2.13. The van der Waals surface area contributed by atoms with Gasteiger partial charge in [-0.2, -0.15) is 0 Å². The van der Waals surface area contributed by atoms with Crippen LogP contribution in [0.5, 0.6) is 0 Å². The molecule has 0 radical (unpaired) electrons. The number of rotatable bonds is 5. The summed E-state index contributed by atoms with van der Waals surface area (Å²) < 4.78 is 6.44. The van der Waals surface area contributed by atoms with Gasteiger partial charge in [0.25, 0.3) is 0 Å². The molecular formula is C16H16ClNO3S. The number of ether oxygens (including phenoxy) is 1. The molecule has 2 rings (SSSR count). The maximum atomic E-state index is 12.7. The second-order valence-corrected chi connectivity index (χ2v) is 5.99. The molecule has 0 saturated carbocycles. The monoisotopic (exact) mass is 337 g/mol. The van der Waals surface area contributed by atoms with Crippen LogP contribution in [0.15, 0.2) is 35.2 Å². The van der Waals surface area contributed by atoms with E-state index >= 15 is 0 Å². The number of aromatic nitrogens is 1. The highest BCUT2D eigenvalue weighted by Gasteiger charge is 2.21. The van der Waals surface area contributed by atoms with Crippen molar-refractivity contribution in [1.82, 2.24) is 4.57 Å². The van der Waals surface area contributed by atoms with E-state index < -0.39 is 0 Å². The van der Waals surface area contributed by atoms with Crippen LogP contribution in [-0.4, -0.2) is 29.7 Å². The van der Waals surface area contributed by atoms with E-state index in [1.807, 2.05) is 12.3 Å². The summed E-state index contributed by atoms with van der Waals surface area (Å²) in [4.78, 5) is 25.0. The summed E-state index contributed by atoms with van der Waals surface area (Å²) in [5, 5.41) is 0.583. The van der Waals surface area contributed by atoms with Crippen molar-refractivity contribution in [3.63, 3.8) is 0 Å². The Bertz CT molecular complexity index is 707. The Morgan fingerprint density at radius 2 is 1.91 bits per heavy atom. The summed E-state index contributed by atoms with van der Waals surface area (Å²) in [6.45, 7) is 0. The molecule has 1 aromatic carbocycles. The minimum absolute atomic E-state index is 0.0976. The number of halogens is 1. The largest absolute Gasteiger partial charge is 0.469 e. The van der Waals surface area contributed by atoms with Gasteiger partial charge in [0.2, 0.25) is 5.78 Å². The van der Waals surface area contributed by atoms with Crippen molar-refractivity contribution in [2.24, 2.45) is 7.05 Å². The van der Waals surface area contributed by atoms with Crippen LogP contribution in [0.2, 0.25) is 5.02 Å². The number of hydrogen-bond donors (Lipinski definition) is 0. The average Bonchev–Trinajstić information content (AvgIpc) is 2.83. The standard InChI is InChI=1S/C16H16ClNO3S/c1-18-12(9-14(19)21-2)8-13(22-3)15(18)16(20)10-4-6-11(17)7-5-10/h4-8H,9H2,1-3H3. The number of carbonyl (C=O) groups is 2. The predicted molar refractivity (Wildman–Crippen MR) is 87.8 cm³/mol. The van der Waals surface area contributed by atoms with Gasteiger partial charge in [0.1, 0.15) is 5.69 Å². The Morgan fingerprint density at radius 1 is 1.27 bits per heavy atom. The third-order valence-corrected chi connectivity index (χ3v) is 4.39. The highest BCUT2D eigenvalue weighted by molar-refractivity contribution is 7.98. The zero-order valence-corrected chi connectivity index (χ0v) is 14.1. The SMILES string of the molecule is COC(=O)Cc1cc(SC)c(C(=O)c2ccc(Cl)cc2)n1C. The summed E-state index contributed by atoms with van der Waals surface area (Å²) >= 11 is 7.33. The van der Waals surface area contributed by atoms with Gasteiger partial charge in [-0.05, 0) is 36.6 Å². The second-order valence-electron chi connectivity index (χ2n) is 4.70. The molecule has 6 heteroatoms. The lowest BCUT2D eigenvalue weighted by molar-refractivity contribution is -0.139. The Hall–Kier alpha value is -1.72. The first-order valence-electron chi connectivity index (χ1n) is 6.57. The lowest BCUT2D eigenvalue weighted by Gasteiger charge is -2.08. The molecule has 1 heterocycles. The third kappa shape index (κ3) is 3.36. The van der Waals surface area contributed by atoms with E-state index in [4.69, 9.17) is 16.3 Å². The molecule has 0 aliphatic heterocycles. The van der Waals surface area contributed by atoms with Gasteiger partial charge in [-0.3, -0.25) is 9.59 Å². The van der Waals surface area contributed by atoms with Crippen molar-refractivity contribution in [3.8, 4) is 0 Å². The van der Waals surface area contributed by atoms with Gasteiger partial charge in [0, 0.05) is 28.2 Å². The summed E-state index contributed by atoms with van der Waals surface area (Å²) in [5.41, 5.74) is 1.87. The predicted octanol–water partition coefficient (Wildman–Crippen LogP) is 3.35. The number of benzene rings is 1. The minimum atomic E-state index is -0.334. The highest BCUT2D eigenvalue weighted by Crippen LogP contribution is 2.27. The Morgan fingerprint density at radius 3 is 2.45 bits per heavy atom. The van der Waals surface area contributed by atoms with Crippen LogP contribution < -0.4 is 0 Å². The molecule has 0 amide bonds. The number of methoxy groups -OCH3 is 1. The number of esters is 1. The van der Waals surface area contributed by atoms with Crippen LogP contribution in [0.3, 0.4) is 0 Å². The van der Waals surface area contributed by atoms with Crippen LogP contribution in [-0.2, 0) is 23.0 Å². The number of hydrogen-bond acceptors (Lipinski definition) is 4. The molecule has 0 aliphatic rings. The van der Waals surface area contributed by atoms with Crippen LogP contribution in [0, 0.1) is 0 Å². The number of carbonyl (C=O) groups excluding carboxylic acids is 2. The lowest BCUT2D eigenvalue weighted by atomic mass is 10.1. The molecule has 2 aromatic rings. The molecule has 0 atom stereocenters. The van der Waals surface area contributed by atoms with Gasteiger partial charge in [0.05, 0.1) is 13.5 Å². The van der Waals surface area contributed by atoms with E-state index in [-0.39, 0.29) is 18.2 Å². The fourth-order valence-electron chi connectivity index (χ4n) is 2.17. The first-order valence-corrected chi connectivity index (χ1v) is 8.17. The first kappa shape index (κ1) is 16.6. The third-order valence-electron chi connectivity index (χ3n) is 3.39. The molecule has 0 aliphatic carbocycles. The molecule has 4 nitrogen and oxygen atoms in total. The molecule has 0 saturated heterocycles. The van der Waals surface area contributed by atoms with Crippen molar-refractivity contribution >= 4 is 35.1 Å². The van der Waals surface area contributed by atoms with Gasteiger partial charge >= 0.3 is 5.97 Å². The van der Waals surface area contributed by atoms with E-state index in [1.54, 1.807) is 35.9 Å². The zero-order valence-electron chi connectivity index (χ0n) is 12.6. The van der Waals surface area contributed by atoms with Crippen molar-refractivity contribution in [1.29, 1.82) is 0 Å². The average molecular weight is 338 g/mol. The van der Waals surface area contributed by atoms with E-state index in [2.05, 4.69) is 0 Å². The quantitative estimate of drug-likeness (QED) is 0.477. The van der Waals surface area contributed by atoms with Gasteiger partial charge in [-0.15, -0.1) is 11.8 Å². The summed E-state index contributed by atoms with van der Waals surface area (Å²) in [6, 6.07) is 8.62. The van der Waals surface area contributed by atoms with Crippen molar-refractivity contribution in [2.45, 2.75) is 11.3 Å². The molecular weight excluding hydrogens is 322 g/mol. The zero-order chi connectivity index (χ0) is 16.3. The van der Waals surface area contributed by atoms with E-state index in [0.29, 0.717) is 16.3 Å². The van der Waals surface area contributed by atoms with Gasteiger partial charge in [-0.1, -0.05) is 11.6 Å². The normalized spacial score (nSPS) is 10.5. The molecule has 116 valence electrons. The number of thioether (sulfide) groups is 1. The van der Waals surface area contributed by atoms with Crippen LogP contribution in [0.1, 0.15) is 21.7 Å². The molecule has 0 bridgehead atoms. The smallest absolute Gasteiger partial charge is 0.311 e. The number of ketones is 1. The Balaban J connectivity index is 2.43. The summed E-state index contributed by atoms with van der Waals surface area (Å²) in [6.07, 6.45) is 2.03. The molecule has 1 aromatic heterocycles. The Kier molecular flexibility index (Phi) is 5.32. The van der Waals surface area contributed by atoms with Crippen molar-refractivity contribution in [2.75, 3.05) is 13.4 Å². The first-order chi connectivity index (χ1) is 10.5. The van der Waals surface area contributed by atoms with Gasteiger partial charge in [0.15, 0.2) is 0 Å². The Labute approximate surface area is 138 Å². The molecule has 0 fully saturated rings. The van der Waals surface area contributed by atoms with Gasteiger partial charge in [-0.25, -0.2) is 0 Å². The maximum Gasteiger partial charge on any atom is 0.311 e. The maximum absolute atomic E-state index is 12.7. The topological polar surface area (TPSA) is 48.3 Å². The van der Waals surface area contributed by atoms with E-state index in [0.717, 1.165) is 10.6 Å². The van der Waals surface area contributed by atoms with E-state index in [1.165, 1.54) is 18.9 Å². The fraction of sp³-hybridized carbons (Fsp3) is 0.250. The van der Waals surface area contributed by atoms with Crippen LogP contribution in [0.25, 0.3) is 0 Å². The minimum Gasteiger partial charge on any atom is -0.469 e. The molecule has 22 heavy (non-hydrogen) atoms. The molecule has 0 unspecified atom stereocenters. The van der Waals surface area contributed by atoms with Crippen LogP contribution >= 0.6 is 23.4 Å². The number of nitrogens with zero attached hydrogens (tertiary/aromatic N) is 1. The fourth-order valence-corrected chi connectivity index (χ4v) is 2.98. The summed E-state index contributed by atoms with van der Waals surface area (Å²) in [5.74, 6) is -0.432. The van der Waals surface area contributed by atoms with Crippen molar-refractivity contribution < 1.29 is 14.3 Å². The highest BCUT2D eigenvalue weighted by atomic mass is 35.5. The van der Waals surface area contributed by atoms with Gasteiger partial charge < -0.3 is 9.30 Å². The molecule has 0 spiro atoms. The van der Waals surface area contributed by atoms with Crippen LogP contribution in [0.4, 0.5) is 0 Å². The summed E-state index contributed by atoms with van der Waals surface area (Å²) in [7, 11) is 3.13. The van der Waals surface area contributed by atoms with Crippen molar-refractivity contribution in [3.05, 3.63) is 52.3 Å². The van der Waals surface area contributed by atoms with E-state index in [9.17, 15) is 9.59 Å². The second kappa shape index (κ2) is 7.03.